The van der Waals surface area contributed by atoms with Crippen LogP contribution in [0.25, 0.3) is 0 Å². The average Bonchev–Trinajstić information content (AvgIpc) is 3.10. The van der Waals surface area contributed by atoms with Crippen molar-refractivity contribution in [3.05, 3.63) is 65.5 Å². The number of hydrazone groups is 1. The lowest BCUT2D eigenvalue weighted by molar-refractivity contribution is 0.102. The summed E-state index contributed by atoms with van der Waals surface area (Å²) in [6.45, 7) is 1.76. The van der Waals surface area contributed by atoms with Crippen molar-refractivity contribution in [1.29, 1.82) is 0 Å². The maximum absolute atomic E-state index is 13.0. The highest BCUT2D eigenvalue weighted by Crippen LogP contribution is 2.20. The van der Waals surface area contributed by atoms with Crippen LogP contribution < -0.4 is 16.0 Å². The number of nitrogens with zero attached hydrogens (tertiary/aromatic N) is 4. The molecule has 0 aliphatic rings. The van der Waals surface area contributed by atoms with E-state index in [1.807, 2.05) is 0 Å². The van der Waals surface area contributed by atoms with E-state index >= 15 is 0 Å². The number of Topliss-reactive ketones (excluding diaryl/α,β-unsaturated/α-hetero) is 1. The summed E-state index contributed by atoms with van der Waals surface area (Å²) in [5.41, 5.74) is 4.64. The van der Waals surface area contributed by atoms with E-state index in [0.717, 1.165) is 17.3 Å². The average molecular weight is 414 g/mol. The Morgan fingerprint density at radius 3 is 2.72 bits per heavy atom. The van der Waals surface area contributed by atoms with Gasteiger partial charge in [-0.15, -0.1) is 10.2 Å². The highest BCUT2D eigenvalue weighted by atomic mass is 32.2. The number of thioether (sulfide) groups is 1. The Hall–Kier alpha value is -3.40. The lowest BCUT2D eigenvalue weighted by Gasteiger charge is -2.05. The summed E-state index contributed by atoms with van der Waals surface area (Å²) in [5.74, 6) is 6.54. The molecule has 29 heavy (non-hydrogen) atoms. The summed E-state index contributed by atoms with van der Waals surface area (Å²) in [5, 5.41) is 12.4. The number of nitrogens with one attached hydrogen (secondary N) is 1. The molecule has 3 rings (SSSR count). The van der Waals surface area contributed by atoms with Crippen molar-refractivity contribution in [1.82, 2.24) is 14.9 Å². The normalized spacial score (nSPS) is 11.3. The molecule has 0 atom stereocenters. The first-order valence-electron chi connectivity index (χ1n) is 8.54. The van der Waals surface area contributed by atoms with Gasteiger partial charge in [-0.3, -0.25) is 4.79 Å². The van der Waals surface area contributed by atoms with E-state index in [0.29, 0.717) is 22.2 Å². The number of rotatable bonds is 8. The van der Waals surface area contributed by atoms with Crippen LogP contribution in [0.4, 0.5) is 10.3 Å². The van der Waals surface area contributed by atoms with Gasteiger partial charge in [0.15, 0.2) is 5.78 Å². The Morgan fingerprint density at radius 1 is 1.24 bits per heavy atom. The Balaban J connectivity index is 1.62. The molecule has 0 saturated heterocycles. The minimum Gasteiger partial charge on any atom is -0.497 e. The molecular weight excluding hydrogens is 395 g/mol. The van der Waals surface area contributed by atoms with E-state index in [1.165, 1.54) is 16.8 Å². The molecule has 2 aromatic carbocycles. The summed E-state index contributed by atoms with van der Waals surface area (Å²) in [7, 11) is 1.55. The van der Waals surface area contributed by atoms with Crippen molar-refractivity contribution < 1.29 is 13.9 Å². The van der Waals surface area contributed by atoms with Crippen LogP contribution in [0.2, 0.25) is 0 Å². The molecule has 0 amide bonds. The number of aromatic nitrogens is 3. The highest BCUT2D eigenvalue weighted by Gasteiger charge is 2.14. The highest BCUT2D eigenvalue weighted by molar-refractivity contribution is 7.99. The summed E-state index contributed by atoms with van der Waals surface area (Å²) in [6.07, 6.45) is 0. The lowest BCUT2D eigenvalue weighted by atomic mass is 10.1. The van der Waals surface area contributed by atoms with Gasteiger partial charge < -0.3 is 10.6 Å². The standard InChI is InChI=1S/C19H19FN6O2S/c1-12(13-6-8-15(20)9-7-13)22-23-18-24-25-19(26(18)21)29-11-17(27)14-4-3-5-16(10-14)28-2/h3-10H,11,21H2,1-2H3,(H,23,24)/b22-12+. The van der Waals surface area contributed by atoms with Crippen LogP contribution >= 0.6 is 11.8 Å². The molecule has 3 aromatic rings. The first-order chi connectivity index (χ1) is 14.0. The minimum atomic E-state index is -0.318. The fourth-order valence-electron chi connectivity index (χ4n) is 2.35. The zero-order chi connectivity index (χ0) is 20.8. The quantitative estimate of drug-likeness (QED) is 0.192. The molecular formula is C19H19FN6O2S. The second kappa shape index (κ2) is 9.20. The zero-order valence-electron chi connectivity index (χ0n) is 15.8. The topological polar surface area (TPSA) is 107 Å². The Morgan fingerprint density at radius 2 is 2.00 bits per heavy atom. The van der Waals surface area contributed by atoms with Gasteiger partial charge in [-0.1, -0.05) is 36.0 Å². The number of methoxy groups -OCH3 is 1. The van der Waals surface area contributed by atoms with Gasteiger partial charge in [-0.2, -0.15) is 5.10 Å². The van der Waals surface area contributed by atoms with Crippen LogP contribution in [-0.2, 0) is 0 Å². The Bertz CT molecular complexity index is 1040. The zero-order valence-corrected chi connectivity index (χ0v) is 16.6. The summed E-state index contributed by atoms with van der Waals surface area (Å²) in [4.78, 5) is 12.4. The van der Waals surface area contributed by atoms with Crippen LogP contribution in [0.5, 0.6) is 5.75 Å². The maximum atomic E-state index is 13.0. The molecule has 1 aromatic heterocycles. The molecule has 0 bridgehead atoms. The van der Waals surface area contributed by atoms with Crippen molar-refractivity contribution in [3.63, 3.8) is 0 Å². The molecule has 0 aliphatic carbocycles. The summed E-state index contributed by atoms with van der Waals surface area (Å²) < 4.78 is 19.3. The van der Waals surface area contributed by atoms with Crippen molar-refractivity contribution in [2.45, 2.75) is 12.1 Å². The van der Waals surface area contributed by atoms with E-state index in [9.17, 15) is 9.18 Å². The molecule has 10 heteroatoms. The van der Waals surface area contributed by atoms with Gasteiger partial charge in [0.25, 0.3) is 5.95 Å². The van der Waals surface area contributed by atoms with Crippen LogP contribution in [-0.4, -0.2) is 39.2 Å². The van der Waals surface area contributed by atoms with Gasteiger partial charge in [-0.05, 0) is 36.8 Å². The third-order valence-electron chi connectivity index (χ3n) is 3.97. The van der Waals surface area contributed by atoms with Crippen LogP contribution in [0.3, 0.4) is 0 Å². The monoisotopic (exact) mass is 414 g/mol. The number of nitrogen functional groups attached to an aromatic ring is 1. The molecule has 8 nitrogen and oxygen atoms in total. The number of benzene rings is 2. The van der Waals surface area contributed by atoms with Gasteiger partial charge >= 0.3 is 0 Å². The van der Waals surface area contributed by atoms with Crippen molar-refractivity contribution in [2.75, 3.05) is 24.1 Å². The largest absolute Gasteiger partial charge is 0.497 e. The van der Waals surface area contributed by atoms with Crippen molar-refractivity contribution >= 4 is 29.2 Å². The van der Waals surface area contributed by atoms with Gasteiger partial charge in [-0.25, -0.2) is 14.5 Å². The number of anilines is 1. The second-order valence-electron chi connectivity index (χ2n) is 5.94. The first-order valence-corrected chi connectivity index (χ1v) is 9.53. The number of hydrogen-bond donors (Lipinski definition) is 2. The second-order valence-corrected chi connectivity index (χ2v) is 6.88. The molecule has 0 saturated carbocycles. The molecule has 1 heterocycles. The molecule has 0 aliphatic heterocycles. The molecule has 0 fully saturated rings. The molecule has 3 N–H and O–H groups in total. The first kappa shape index (κ1) is 20.3. The van der Waals surface area contributed by atoms with Crippen LogP contribution in [0.15, 0.2) is 58.8 Å². The van der Waals surface area contributed by atoms with Crippen LogP contribution in [0.1, 0.15) is 22.8 Å². The van der Waals surface area contributed by atoms with E-state index in [2.05, 4.69) is 20.7 Å². The lowest BCUT2D eigenvalue weighted by Crippen LogP contribution is -2.14. The fraction of sp³-hybridized carbons (Fsp3) is 0.158. The minimum absolute atomic E-state index is 0.0865. The molecule has 0 radical (unpaired) electrons. The Labute approximate surface area is 170 Å². The third-order valence-corrected chi connectivity index (χ3v) is 4.92. The predicted molar refractivity (Wildman–Crippen MR) is 110 cm³/mol. The van der Waals surface area contributed by atoms with E-state index in [4.69, 9.17) is 10.6 Å². The van der Waals surface area contributed by atoms with E-state index in [1.54, 1.807) is 50.4 Å². The van der Waals surface area contributed by atoms with Gasteiger partial charge in [0.2, 0.25) is 5.16 Å². The summed E-state index contributed by atoms with van der Waals surface area (Å²) >= 11 is 1.16. The number of carbonyl (C=O) groups is 1. The van der Waals surface area contributed by atoms with Gasteiger partial charge in [0.05, 0.1) is 18.6 Å². The van der Waals surface area contributed by atoms with E-state index in [-0.39, 0.29) is 23.3 Å². The number of halogens is 1. The number of nitrogens with two attached hydrogens (primary N) is 1. The van der Waals surface area contributed by atoms with Crippen molar-refractivity contribution in [3.8, 4) is 5.75 Å². The van der Waals surface area contributed by atoms with E-state index < -0.39 is 0 Å². The predicted octanol–water partition coefficient (Wildman–Crippen LogP) is 2.95. The van der Waals surface area contributed by atoms with Gasteiger partial charge in [0, 0.05) is 5.56 Å². The summed E-state index contributed by atoms with van der Waals surface area (Å²) in [6, 6.07) is 12.9. The smallest absolute Gasteiger partial charge is 0.264 e. The third kappa shape index (κ3) is 5.11. The number of ether oxygens (including phenoxy) is 1. The fourth-order valence-corrected chi connectivity index (χ4v) is 3.10. The number of carbonyl (C=O) groups excluding carboxylic acids is 1. The Kier molecular flexibility index (Phi) is 6.45. The SMILES string of the molecule is COc1cccc(C(=O)CSc2nnc(N/N=C(\C)c3ccc(F)cc3)n2N)c1. The molecule has 0 spiro atoms. The maximum Gasteiger partial charge on any atom is 0.264 e. The molecule has 150 valence electrons. The van der Waals surface area contributed by atoms with Crippen LogP contribution in [0, 0.1) is 5.82 Å². The van der Waals surface area contributed by atoms with Gasteiger partial charge in [0.1, 0.15) is 11.6 Å². The van der Waals surface area contributed by atoms with Crippen molar-refractivity contribution in [2.24, 2.45) is 5.10 Å². The number of hydrogen-bond acceptors (Lipinski definition) is 8. The molecule has 0 unspecified atom stereocenters. The number of ketones is 1.